The molecule has 2 aromatic carbocycles. The molecule has 0 aliphatic carbocycles. The molecule has 0 aromatic heterocycles. The van der Waals surface area contributed by atoms with Gasteiger partial charge in [-0.3, -0.25) is 0 Å². The number of anilines is 2. The van der Waals surface area contributed by atoms with E-state index < -0.39 is 0 Å². The molecule has 0 bridgehead atoms. The number of hydrogen-bond donors (Lipinski definition) is 0. The van der Waals surface area contributed by atoms with Crippen molar-refractivity contribution in [2.75, 3.05) is 25.0 Å². The van der Waals surface area contributed by atoms with Crippen LogP contribution in [-0.2, 0) is 0 Å². The van der Waals surface area contributed by atoms with E-state index in [0.717, 1.165) is 13.1 Å². The highest BCUT2D eigenvalue weighted by atomic mass is 32.2. The van der Waals surface area contributed by atoms with E-state index in [4.69, 9.17) is 0 Å². The molecule has 0 spiro atoms. The van der Waals surface area contributed by atoms with E-state index in [2.05, 4.69) is 84.6 Å². The first kappa shape index (κ1) is 14.7. The third-order valence-corrected chi connectivity index (χ3v) is 5.99. The Morgan fingerprint density at radius 2 is 1.61 bits per heavy atom. The fraction of sp³-hybridized carbons (Fsp3) is 0.300. The van der Waals surface area contributed by atoms with Crippen LogP contribution in [0.4, 0.5) is 11.4 Å². The Bertz CT molecular complexity index is 694. The average molecular weight is 322 g/mol. The van der Waals surface area contributed by atoms with E-state index in [9.17, 15) is 0 Å². The van der Waals surface area contributed by atoms with Crippen LogP contribution >= 0.6 is 11.8 Å². The molecule has 23 heavy (non-hydrogen) atoms. The molecule has 2 aliphatic heterocycles. The SMILES string of the molecule is CC1C=CN(C)CC1CN1c2ccccc2Sc2ccccc21. The lowest BCUT2D eigenvalue weighted by molar-refractivity contribution is 0.285. The number of benzene rings is 2. The molecule has 2 aromatic rings. The van der Waals surface area contributed by atoms with Gasteiger partial charge in [0.2, 0.25) is 0 Å². The van der Waals surface area contributed by atoms with Gasteiger partial charge in [0.15, 0.2) is 0 Å². The Labute approximate surface area is 142 Å². The van der Waals surface area contributed by atoms with Crippen LogP contribution in [0, 0.1) is 11.8 Å². The highest BCUT2D eigenvalue weighted by Crippen LogP contribution is 2.48. The molecule has 0 radical (unpaired) electrons. The molecule has 0 saturated carbocycles. The largest absolute Gasteiger partial charge is 0.380 e. The van der Waals surface area contributed by atoms with Gasteiger partial charge in [-0.15, -0.1) is 0 Å². The summed E-state index contributed by atoms with van der Waals surface area (Å²) in [5.74, 6) is 1.24. The van der Waals surface area contributed by atoms with Crippen molar-refractivity contribution in [2.24, 2.45) is 11.8 Å². The van der Waals surface area contributed by atoms with Gasteiger partial charge >= 0.3 is 0 Å². The zero-order valence-electron chi connectivity index (χ0n) is 13.6. The third-order valence-electron chi connectivity index (χ3n) is 4.86. The minimum atomic E-state index is 0.611. The van der Waals surface area contributed by atoms with Crippen molar-refractivity contribution >= 4 is 23.1 Å². The van der Waals surface area contributed by atoms with Crippen LogP contribution in [0.3, 0.4) is 0 Å². The average Bonchev–Trinajstić information content (AvgIpc) is 2.58. The first-order valence-electron chi connectivity index (χ1n) is 8.24. The predicted molar refractivity (Wildman–Crippen MR) is 98.4 cm³/mol. The van der Waals surface area contributed by atoms with E-state index in [1.54, 1.807) is 0 Å². The second-order valence-corrected chi connectivity index (χ2v) is 7.63. The smallest absolute Gasteiger partial charge is 0.0552 e. The first-order valence-corrected chi connectivity index (χ1v) is 9.06. The van der Waals surface area contributed by atoms with Gasteiger partial charge in [0, 0.05) is 35.8 Å². The number of nitrogens with zero attached hydrogens (tertiary/aromatic N) is 2. The van der Waals surface area contributed by atoms with Crippen LogP contribution in [0.5, 0.6) is 0 Å². The zero-order chi connectivity index (χ0) is 15.8. The third kappa shape index (κ3) is 2.74. The van der Waals surface area contributed by atoms with Gasteiger partial charge in [-0.25, -0.2) is 0 Å². The lowest BCUT2D eigenvalue weighted by Crippen LogP contribution is -2.38. The van der Waals surface area contributed by atoms with E-state index >= 15 is 0 Å². The van der Waals surface area contributed by atoms with Crippen molar-refractivity contribution in [1.29, 1.82) is 0 Å². The number of para-hydroxylation sites is 2. The summed E-state index contributed by atoms with van der Waals surface area (Å²) in [7, 11) is 2.17. The number of allylic oxidation sites excluding steroid dienone is 1. The van der Waals surface area contributed by atoms with Crippen LogP contribution in [-0.4, -0.2) is 25.0 Å². The Hall–Kier alpha value is -1.87. The molecule has 3 heteroatoms. The first-order chi connectivity index (χ1) is 11.2. The quantitative estimate of drug-likeness (QED) is 0.768. The van der Waals surface area contributed by atoms with E-state index in [1.165, 1.54) is 21.2 Å². The van der Waals surface area contributed by atoms with Crippen molar-refractivity contribution in [2.45, 2.75) is 16.7 Å². The van der Waals surface area contributed by atoms with Crippen molar-refractivity contribution < 1.29 is 0 Å². The zero-order valence-corrected chi connectivity index (χ0v) is 14.5. The Morgan fingerprint density at radius 3 is 2.26 bits per heavy atom. The minimum Gasteiger partial charge on any atom is -0.380 e. The van der Waals surface area contributed by atoms with Crippen LogP contribution in [0.1, 0.15) is 6.92 Å². The second kappa shape index (κ2) is 5.97. The number of hydrogen-bond acceptors (Lipinski definition) is 3. The molecule has 2 heterocycles. The Balaban J connectivity index is 1.71. The van der Waals surface area contributed by atoms with E-state index in [1.807, 2.05) is 11.8 Å². The minimum absolute atomic E-state index is 0.611. The fourth-order valence-corrected chi connectivity index (χ4v) is 4.57. The summed E-state index contributed by atoms with van der Waals surface area (Å²) in [6, 6.07) is 17.6. The molecule has 0 fully saturated rings. The summed E-state index contributed by atoms with van der Waals surface area (Å²) in [6.07, 6.45) is 4.56. The van der Waals surface area contributed by atoms with Gasteiger partial charge in [-0.05, 0) is 36.4 Å². The molecule has 2 unspecified atom stereocenters. The second-order valence-electron chi connectivity index (χ2n) is 6.55. The summed E-state index contributed by atoms with van der Waals surface area (Å²) >= 11 is 1.88. The lowest BCUT2D eigenvalue weighted by atomic mass is 9.90. The Kier molecular flexibility index (Phi) is 3.82. The molecule has 2 nitrogen and oxygen atoms in total. The van der Waals surface area contributed by atoms with Crippen LogP contribution in [0.25, 0.3) is 0 Å². The summed E-state index contributed by atoms with van der Waals surface area (Å²) in [5, 5.41) is 0. The molecular formula is C20H22N2S. The van der Waals surface area contributed by atoms with Crippen molar-refractivity contribution in [3.8, 4) is 0 Å². The van der Waals surface area contributed by atoms with Gasteiger partial charge in [0.05, 0.1) is 11.4 Å². The van der Waals surface area contributed by atoms with Gasteiger partial charge in [-0.1, -0.05) is 49.0 Å². The lowest BCUT2D eigenvalue weighted by Gasteiger charge is -2.39. The maximum absolute atomic E-state index is 2.52. The molecule has 2 atom stereocenters. The van der Waals surface area contributed by atoms with Crippen molar-refractivity contribution in [3.05, 3.63) is 60.8 Å². The van der Waals surface area contributed by atoms with Crippen molar-refractivity contribution in [3.63, 3.8) is 0 Å². The van der Waals surface area contributed by atoms with Crippen LogP contribution in [0.15, 0.2) is 70.6 Å². The normalized spacial score (nSPS) is 22.7. The summed E-state index contributed by atoms with van der Waals surface area (Å²) in [4.78, 5) is 7.55. The predicted octanol–water partition coefficient (Wildman–Crippen LogP) is 5.00. The maximum Gasteiger partial charge on any atom is 0.0552 e. The molecule has 118 valence electrons. The van der Waals surface area contributed by atoms with Gasteiger partial charge < -0.3 is 9.80 Å². The van der Waals surface area contributed by atoms with E-state index in [0.29, 0.717) is 11.8 Å². The van der Waals surface area contributed by atoms with Crippen LogP contribution in [0.2, 0.25) is 0 Å². The highest BCUT2D eigenvalue weighted by molar-refractivity contribution is 7.99. The summed E-state index contributed by atoms with van der Waals surface area (Å²) < 4.78 is 0. The van der Waals surface area contributed by atoms with E-state index in [-0.39, 0.29) is 0 Å². The van der Waals surface area contributed by atoms with Crippen molar-refractivity contribution in [1.82, 2.24) is 4.90 Å². The fourth-order valence-electron chi connectivity index (χ4n) is 3.47. The molecule has 0 N–H and O–H groups in total. The summed E-state index contributed by atoms with van der Waals surface area (Å²) in [6.45, 7) is 4.51. The molecule has 2 aliphatic rings. The highest BCUT2D eigenvalue weighted by Gasteiger charge is 2.28. The Morgan fingerprint density at radius 1 is 1.00 bits per heavy atom. The molecule has 4 rings (SSSR count). The maximum atomic E-state index is 2.52. The topological polar surface area (TPSA) is 6.48 Å². The van der Waals surface area contributed by atoms with Gasteiger partial charge in [0.25, 0.3) is 0 Å². The van der Waals surface area contributed by atoms with Crippen LogP contribution < -0.4 is 4.90 Å². The summed E-state index contributed by atoms with van der Waals surface area (Å²) in [5.41, 5.74) is 2.70. The molecule has 0 saturated heterocycles. The standard InChI is InChI=1S/C20H22N2S/c1-15-11-12-21(2)13-16(15)14-22-17-7-3-5-9-19(17)23-20-10-6-4-8-18(20)22/h3-12,15-16H,13-14H2,1-2H3. The number of rotatable bonds is 2. The molecular weight excluding hydrogens is 300 g/mol. The monoisotopic (exact) mass is 322 g/mol. The molecule has 0 amide bonds. The number of fused-ring (bicyclic) bond motifs is 2. The van der Waals surface area contributed by atoms with Gasteiger partial charge in [0.1, 0.15) is 0 Å². The van der Waals surface area contributed by atoms with Gasteiger partial charge in [-0.2, -0.15) is 0 Å².